The Hall–Kier alpha value is -2.13. The first-order chi connectivity index (χ1) is 11.3. The van der Waals surface area contributed by atoms with Gasteiger partial charge in [0.1, 0.15) is 5.75 Å². The van der Waals surface area contributed by atoms with Crippen LogP contribution in [0, 0.1) is 0 Å². The highest BCUT2D eigenvalue weighted by Crippen LogP contribution is 2.17. The van der Waals surface area contributed by atoms with Crippen LogP contribution in [0.2, 0.25) is 0 Å². The van der Waals surface area contributed by atoms with Crippen molar-refractivity contribution >= 4 is 5.78 Å². The second-order valence-corrected chi connectivity index (χ2v) is 6.00. The smallest absolute Gasteiger partial charge is 0.193 e. The molecule has 0 aliphatic carbocycles. The quantitative estimate of drug-likeness (QED) is 0.824. The molecule has 3 nitrogen and oxygen atoms in total. The molecule has 0 amide bonds. The highest BCUT2D eigenvalue weighted by atomic mass is 16.5. The van der Waals surface area contributed by atoms with E-state index in [-0.39, 0.29) is 5.78 Å². The third-order valence-electron chi connectivity index (χ3n) is 4.30. The Morgan fingerprint density at radius 2 is 1.74 bits per heavy atom. The van der Waals surface area contributed by atoms with Gasteiger partial charge in [0.2, 0.25) is 0 Å². The van der Waals surface area contributed by atoms with E-state index in [4.69, 9.17) is 4.74 Å². The molecule has 1 atom stereocenters. The van der Waals surface area contributed by atoms with E-state index in [2.05, 4.69) is 5.32 Å². The fourth-order valence-electron chi connectivity index (χ4n) is 2.95. The van der Waals surface area contributed by atoms with Crippen LogP contribution in [0.1, 0.15) is 41.6 Å². The lowest BCUT2D eigenvalue weighted by Crippen LogP contribution is -2.35. The molecule has 0 unspecified atom stereocenters. The molecule has 2 aromatic rings. The Balaban J connectivity index is 1.51. The molecule has 1 aliphatic heterocycles. The van der Waals surface area contributed by atoms with Gasteiger partial charge in [0, 0.05) is 17.2 Å². The zero-order chi connectivity index (χ0) is 15.9. The Kier molecular flexibility index (Phi) is 5.43. The molecule has 1 aliphatic rings. The molecule has 0 aromatic heterocycles. The number of carbonyl (C=O) groups is 1. The Bertz CT molecular complexity index is 616. The summed E-state index contributed by atoms with van der Waals surface area (Å²) in [5.74, 6) is 0.869. The lowest BCUT2D eigenvalue weighted by Gasteiger charge is -2.23. The van der Waals surface area contributed by atoms with E-state index in [1.54, 1.807) is 0 Å². The van der Waals surface area contributed by atoms with Crippen molar-refractivity contribution < 1.29 is 9.53 Å². The van der Waals surface area contributed by atoms with Crippen molar-refractivity contribution in [1.82, 2.24) is 5.32 Å². The van der Waals surface area contributed by atoms with E-state index < -0.39 is 0 Å². The van der Waals surface area contributed by atoms with Crippen molar-refractivity contribution in [3.63, 3.8) is 0 Å². The zero-order valence-electron chi connectivity index (χ0n) is 13.3. The Morgan fingerprint density at radius 1 is 1.00 bits per heavy atom. The van der Waals surface area contributed by atoms with Crippen LogP contribution in [-0.4, -0.2) is 25.0 Å². The monoisotopic (exact) mass is 309 g/mol. The largest absolute Gasteiger partial charge is 0.494 e. The number of ketones is 1. The maximum absolute atomic E-state index is 12.3. The molecule has 3 rings (SSSR count). The summed E-state index contributed by atoms with van der Waals surface area (Å²) in [5, 5.41) is 3.52. The third-order valence-corrected chi connectivity index (χ3v) is 4.30. The summed E-state index contributed by atoms with van der Waals surface area (Å²) >= 11 is 0. The van der Waals surface area contributed by atoms with Crippen molar-refractivity contribution in [1.29, 1.82) is 0 Å². The van der Waals surface area contributed by atoms with Gasteiger partial charge in [-0.3, -0.25) is 4.79 Å². The van der Waals surface area contributed by atoms with Gasteiger partial charge in [0.05, 0.1) is 6.61 Å². The summed E-state index contributed by atoms with van der Waals surface area (Å²) in [6.07, 6.45) is 4.88. The van der Waals surface area contributed by atoms with Crippen LogP contribution in [0.4, 0.5) is 0 Å². The fourth-order valence-corrected chi connectivity index (χ4v) is 2.95. The molecule has 1 N–H and O–H groups in total. The number of hydrogen-bond donors (Lipinski definition) is 1. The first-order valence-electron chi connectivity index (χ1n) is 8.39. The number of rotatable bonds is 6. The molecular formula is C20H23NO2. The number of carbonyl (C=O) groups excluding carboxylic acids is 1. The molecule has 2 aromatic carbocycles. The summed E-state index contributed by atoms with van der Waals surface area (Å²) in [5.41, 5.74) is 1.40. The van der Waals surface area contributed by atoms with Crippen molar-refractivity contribution in [2.24, 2.45) is 0 Å². The maximum atomic E-state index is 12.3. The second kappa shape index (κ2) is 7.93. The first-order valence-corrected chi connectivity index (χ1v) is 8.39. The fraction of sp³-hybridized carbons (Fsp3) is 0.350. The molecule has 1 heterocycles. The Labute approximate surface area is 137 Å². The van der Waals surface area contributed by atoms with Gasteiger partial charge in [-0.25, -0.2) is 0 Å². The van der Waals surface area contributed by atoms with Crippen molar-refractivity contribution in [3.8, 4) is 5.75 Å². The number of benzene rings is 2. The van der Waals surface area contributed by atoms with E-state index >= 15 is 0 Å². The molecule has 0 bridgehead atoms. The van der Waals surface area contributed by atoms with Gasteiger partial charge in [-0.15, -0.1) is 0 Å². The minimum Gasteiger partial charge on any atom is -0.494 e. The minimum atomic E-state index is 0.0450. The molecule has 1 saturated heterocycles. The van der Waals surface area contributed by atoms with Crippen molar-refractivity contribution in [2.45, 2.75) is 31.7 Å². The van der Waals surface area contributed by atoms with E-state index in [0.717, 1.165) is 18.7 Å². The van der Waals surface area contributed by atoms with Gasteiger partial charge in [-0.1, -0.05) is 36.8 Å². The van der Waals surface area contributed by atoms with Crippen molar-refractivity contribution in [3.05, 3.63) is 65.7 Å². The third kappa shape index (κ3) is 4.42. The van der Waals surface area contributed by atoms with Crippen molar-refractivity contribution in [2.75, 3.05) is 13.2 Å². The second-order valence-electron chi connectivity index (χ2n) is 6.00. The summed E-state index contributed by atoms with van der Waals surface area (Å²) < 4.78 is 5.80. The molecule has 0 spiro atoms. The lowest BCUT2D eigenvalue weighted by atomic mass is 10.0. The first kappa shape index (κ1) is 15.8. The van der Waals surface area contributed by atoms with Gasteiger partial charge in [-0.05, 0) is 50.1 Å². The lowest BCUT2D eigenvalue weighted by molar-refractivity contribution is 0.103. The standard InChI is InChI=1S/C20H23NO2/c22-20(16-6-2-1-3-7-16)17-9-11-19(12-10-17)23-15-13-18-8-4-5-14-21-18/h1-3,6-7,9-12,18,21H,4-5,8,13-15H2/t18-/m0/s1. The van der Waals surface area contributed by atoms with Gasteiger partial charge < -0.3 is 10.1 Å². The SMILES string of the molecule is O=C(c1ccccc1)c1ccc(OCC[C@@H]2CCCCN2)cc1. The van der Waals surface area contributed by atoms with Crippen LogP contribution in [0.25, 0.3) is 0 Å². The van der Waals surface area contributed by atoms with Crippen LogP contribution < -0.4 is 10.1 Å². The van der Waals surface area contributed by atoms with E-state index in [0.29, 0.717) is 23.8 Å². The van der Waals surface area contributed by atoms with E-state index in [1.807, 2.05) is 54.6 Å². The molecule has 0 radical (unpaired) electrons. The summed E-state index contributed by atoms with van der Waals surface area (Å²) in [6, 6.07) is 17.4. The highest BCUT2D eigenvalue weighted by molar-refractivity contribution is 6.08. The average molecular weight is 309 g/mol. The average Bonchev–Trinajstić information content (AvgIpc) is 2.63. The maximum Gasteiger partial charge on any atom is 0.193 e. The summed E-state index contributed by atoms with van der Waals surface area (Å²) in [7, 11) is 0. The van der Waals surface area contributed by atoms with Crippen LogP contribution in [-0.2, 0) is 0 Å². The molecule has 1 fully saturated rings. The van der Waals surface area contributed by atoms with Crippen LogP contribution >= 0.6 is 0 Å². The summed E-state index contributed by atoms with van der Waals surface area (Å²) in [6.45, 7) is 1.84. The topological polar surface area (TPSA) is 38.3 Å². The summed E-state index contributed by atoms with van der Waals surface area (Å²) in [4.78, 5) is 12.3. The van der Waals surface area contributed by atoms with Gasteiger partial charge >= 0.3 is 0 Å². The number of hydrogen-bond acceptors (Lipinski definition) is 3. The van der Waals surface area contributed by atoms with Gasteiger partial charge in [0.15, 0.2) is 5.78 Å². The normalized spacial score (nSPS) is 17.7. The molecule has 0 saturated carbocycles. The van der Waals surface area contributed by atoms with Crippen LogP contribution in [0.3, 0.4) is 0 Å². The van der Waals surface area contributed by atoms with E-state index in [1.165, 1.54) is 19.3 Å². The van der Waals surface area contributed by atoms with Crippen LogP contribution in [0.5, 0.6) is 5.75 Å². The Morgan fingerprint density at radius 3 is 2.43 bits per heavy atom. The van der Waals surface area contributed by atoms with Gasteiger partial charge in [0.25, 0.3) is 0 Å². The number of piperidine rings is 1. The predicted molar refractivity (Wildman–Crippen MR) is 92.1 cm³/mol. The van der Waals surface area contributed by atoms with E-state index in [9.17, 15) is 4.79 Å². The highest BCUT2D eigenvalue weighted by Gasteiger charge is 2.12. The van der Waals surface area contributed by atoms with Gasteiger partial charge in [-0.2, -0.15) is 0 Å². The molecule has 3 heteroatoms. The molecule has 120 valence electrons. The predicted octanol–water partition coefficient (Wildman–Crippen LogP) is 3.83. The number of ether oxygens (including phenoxy) is 1. The zero-order valence-corrected chi connectivity index (χ0v) is 13.3. The molecule has 23 heavy (non-hydrogen) atoms. The number of nitrogens with one attached hydrogen (secondary N) is 1. The van der Waals surface area contributed by atoms with Crippen LogP contribution in [0.15, 0.2) is 54.6 Å². The molecular weight excluding hydrogens is 286 g/mol. The minimum absolute atomic E-state index is 0.0450.